The molecular weight excluding hydrogens is 264 g/mol. The number of nitrogens with zero attached hydrogens (tertiary/aromatic N) is 1. The molecule has 0 bridgehead atoms. The molecule has 0 unspecified atom stereocenters. The number of carbonyl (C=O) groups excluding carboxylic acids is 1. The van der Waals surface area contributed by atoms with Crippen LogP contribution in [0.5, 0.6) is 5.75 Å². The molecule has 0 amide bonds. The summed E-state index contributed by atoms with van der Waals surface area (Å²) in [5, 5.41) is 2.81. The lowest BCUT2D eigenvalue weighted by atomic mass is 10.2. The van der Waals surface area contributed by atoms with E-state index in [1.807, 2.05) is 12.3 Å². The summed E-state index contributed by atoms with van der Waals surface area (Å²) in [6.07, 6.45) is 0. The molecule has 1 heterocycles. The third-order valence-electron chi connectivity index (χ3n) is 2.45. The number of carbonyl (C=O) groups is 1. The van der Waals surface area contributed by atoms with E-state index < -0.39 is 5.97 Å². The highest BCUT2D eigenvalue weighted by Crippen LogP contribution is 2.24. The number of methoxy groups -OCH3 is 1. The van der Waals surface area contributed by atoms with E-state index in [0.29, 0.717) is 23.6 Å². The second kappa shape index (κ2) is 5.71. The van der Waals surface area contributed by atoms with Crippen molar-refractivity contribution in [3.63, 3.8) is 0 Å². The summed E-state index contributed by atoms with van der Waals surface area (Å²) in [5.74, 6) is 0.0331. The van der Waals surface area contributed by atoms with E-state index >= 15 is 0 Å². The summed E-state index contributed by atoms with van der Waals surface area (Å²) in [4.78, 5) is 15.7. The lowest BCUT2D eigenvalue weighted by Crippen LogP contribution is -2.04. The number of benzene rings is 1. The number of hydrogen-bond acceptors (Lipinski definition) is 6. The molecule has 0 saturated heterocycles. The molecule has 0 aliphatic rings. The Labute approximate surface area is 115 Å². The van der Waals surface area contributed by atoms with Gasteiger partial charge in [-0.25, -0.2) is 9.78 Å². The van der Waals surface area contributed by atoms with Gasteiger partial charge >= 0.3 is 5.97 Å². The molecule has 0 fully saturated rings. The summed E-state index contributed by atoms with van der Waals surface area (Å²) in [7, 11) is 1.33. The normalized spacial score (nSPS) is 10.2. The van der Waals surface area contributed by atoms with Crippen molar-refractivity contribution in [2.45, 2.75) is 13.5 Å². The van der Waals surface area contributed by atoms with Gasteiger partial charge in [0, 0.05) is 11.1 Å². The van der Waals surface area contributed by atoms with Gasteiger partial charge in [-0.3, -0.25) is 0 Å². The first-order chi connectivity index (χ1) is 9.10. The predicted octanol–water partition coefficient (Wildman–Crippen LogP) is 2.40. The van der Waals surface area contributed by atoms with E-state index in [-0.39, 0.29) is 0 Å². The average Bonchev–Trinajstić information content (AvgIpc) is 2.82. The number of esters is 1. The first-order valence-corrected chi connectivity index (χ1v) is 6.49. The Kier molecular flexibility index (Phi) is 4.01. The molecule has 1 aromatic carbocycles. The molecule has 0 spiro atoms. The molecule has 2 N–H and O–H groups in total. The van der Waals surface area contributed by atoms with Crippen molar-refractivity contribution >= 4 is 23.0 Å². The topological polar surface area (TPSA) is 74.4 Å². The second-order valence-corrected chi connectivity index (χ2v) is 4.86. The Morgan fingerprint density at radius 1 is 1.47 bits per heavy atom. The fourth-order valence-electron chi connectivity index (χ4n) is 1.51. The summed E-state index contributed by atoms with van der Waals surface area (Å²) in [5.41, 5.74) is 7.64. The van der Waals surface area contributed by atoms with Gasteiger partial charge in [0.25, 0.3) is 0 Å². The van der Waals surface area contributed by atoms with Crippen LogP contribution in [0.3, 0.4) is 0 Å². The third kappa shape index (κ3) is 3.23. The van der Waals surface area contributed by atoms with E-state index in [4.69, 9.17) is 10.5 Å². The van der Waals surface area contributed by atoms with Crippen LogP contribution in [0.4, 0.5) is 5.69 Å². The minimum atomic E-state index is -0.421. The largest absolute Gasteiger partial charge is 0.484 e. The van der Waals surface area contributed by atoms with Crippen LogP contribution in [0.2, 0.25) is 0 Å². The zero-order valence-electron chi connectivity index (χ0n) is 10.7. The van der Waals surface area contributed by atoms with E-state index in [1.165, 1.54) is 18.4 Å². The van der Waals surface area contributed by atoms with Crippen LogP contribution in [0.1, 0.15) is 21.1 Å². The Balaban J connectivity index is 2.12. The Morgan fingerprint density at radius 2 is 2.26 bits per heavy atom. The first kappa shape index (κ1) is 13.4. The predicted molar refractivity (Wildman–Crippen MR) is 73.4 cm³/mol. The van der Waals surface area contributed by atoms with Crippen molar-refractivity contribution in [2.24, 2.45) is 0 Å². The molecule has 100 valence electrons. The quantitative estimate of drug-likeness (QED) is 0.686. The minimum absolute atomic E-state index is 0.327. The zero-order valence-corrected chi connectivity index (χ0v) is 11.5. The lowest BCUT2D eigenvalue weighted by molar-refractivity contribution is 0.0600. The second-order valence-electron chi connectivity index (χ2n) is 3.92. The average molecular weight is 278 g/mol. The molecule has 19 heavy (non-hydrogen) atoms. The SMILES string of the molecule is COC(=O)c1ccc(N)c(OCc2nc(C)cs2)c1. The molecule has 0 atom stereocenters. The van der Waals surface area contributed by atoms with Gasteiger partial charge in [0.05, 0.1) is 18.4 Å². The van der Waals surface area contributed by atoms with Crippen molar-refractivity contribution in [1.82, 2.24) is 4.98 Å². The fourth-order valence-corrected chi connectivity index (χ4v) is 2.20. The number of aryl methyl sites for hydroxylation is 1. The van der Waals surface area contributed by atoms with Crippen molar-refractivity contribution in [2.75, 3.05) is 12.8 Å². The number of nitrogen functional groups attached to an aromatic ring is 1. The maximum absolute atomic E-state index is 11.4. The van der Waals surface area contributed by atoms with Crippen LogP contribution in [-0.4, -0.2) is 18.1 Å². The van der Waals surface area contributed by atoms with Gasteiger partial charge in [-0.05, 0) is 25.1 Å². The summed E-state index contributed by atoms with van der Waals surface area (Å²) in [6.45, 7) is 2.25. The van der Waals surface area contributed by atoms with E-state index in [0.717, 1.165) is 10.7 Å². The van der Waals surface area contributed by atoms with Crippen LogP contribution in [0, 0.1) is 6.92 Å². The zero-order chi connectivity index (χ0) is 13.8. The third-order valence-corrected chi connectivity index (χ3v) is 3.39. The highest BCUT2D eigenvalue weighted by molar-refractivity contribution is 7.09. The van der Waals surface area contributed by atoms with Gasteiger partial charge in [-0.15, -0.1) is 11.3 Å². The highest BCUT2D eigenvalue weighted by Gasteiger charge is 2.10. The van der Waals surface area contributed by atoms with Crippen molar-refractivity contribution in [1.29, 1.82) is 0 Å². The van der Waals surface area contributed by atoms with Gasteiger partial charge < -0.3 is 15.2 Å². The van der Waals surface area contributed by atoms with Crippen molar-refractivity contribution < 1.29 is 14.3 Å². The summed E-state index contributed by atoms with van der Waals surface area (Å²) in [6, 6.07) is 4.79. The Hall–Kier alpha value is -2.08. The molecule has 6 heteroatoms. The number of nitrogens with two attached hydrogens (primary N) is 1. The van der Waals surface area contributed by atoms with E-state index in [9.17, 15) is 4.79 Å². The van der Waals surface area contributed by atoms with Gasteiger partial charge in [0.15, 0.2) is 0 Å². The molecular formula is C13H14N2O3S. The number of hydrogen-bond donors (Lipinski definition) is 1. The molecule has 2 rings (SSSR count). The molecule has 1 aromatic heterocycles. The fraction of sp³-hybridized carbons (Fsp3) is 0.231. The molecule has 0 saturated carbocycles. The van der Waals surface area contributed by atoms with Crippen molar-refractivity contribution in [3.05, 3.63) is 39.8 Å². The van der Waals surface area contributed by atoms with Crippen LogP contribution < -0.4 is 10.5 Å². The van der Waals surface area contributed by atoms with E-state index in [1.54, 1.807) is 18.2 Å². The molecule has 5 nitrogen and oxygen atoms in total. The molecule has 2 aromatic rings. The summed E-state index contributed by atoms with van der Waals surface area (Å²) < 4.78 is 10.2. The molecule has 0 aliphatic carbocycles. The minimum Gasteiger partial charge on any atom is -0.484 e. The Morgan fingerprint density at radius 3 is 2.89 bits per heavy atom. The first-order valence-electron chi connectivity index (χ1n) is 5.62. The highest BCUT2D eigenvalue weighted by atomic mass is 32.1. The smallest absolute Gasteiger partial charge is 0.337 e. The maximum atomic E-state index is 11.4. The number of thiazole rings is 1. The van der Waals surface area contributed by atoms with Gasteiger partial charge in [-0.2, -0.15) is 0 Å². The number of rotatable bonds is 4. The van der Waals surface area contributed by atoms with Crippen LogP contribution in [-0.2, 0) is 11.3 Å². The number of anilines is 1. The van der Waals surface area contributed by atoms with Crippen molar-refractivity contribution in [3.8, 4) is 5.75 Å². The molecule has 0 radical (unpaired) electrons. The standard InChI is InChI=1S/C13H14N2O3S/c1-8-7-19-12(15-8)6-18-11-5-9(13(16)17-2)3-4-10(11)14/h3-5,7H,6,14H2,1-2H3. The van der Waals surface area contributed by atoms with Gasteiger partial charge in [0.2, 0.25) is 0 Å². The Bertz CT molecular complexity index is 595. The van der Waals surface area contributed by atoms with Crippen LogP contribution >= 0.6 is 11.3 Å². The van der Waals surface area contributed by atoms with Gasteiger partial charge in [-0.1, -0.05) is 0 Å². The van der Waals surface area contributed by atoms with E-state index in [2.05, 4.69) is 9.72 Å². The van der Waals surface area contributed by atoms with Crippen LogP contribution in [0.15, 0.2) is 23.6 Å². The molecule has 0 aliphatic heterocycles. The number of aromatic nitrogens is 1. The monoisotopic (exact) mass is 278 g/mol. The summed E-state index contributed by atoms with van der Waals surface area (Å²) >= 11 is 1.52. The number of ether oxygens (including phenoxy) is 2. The maximum Gasteiger partial charge on any atom is 0.337 e. The van der Waals surface area contributed by atoms with Gasteiger partial charge in [0.1, 0.15) is 17.4 Å². The lowest BCUT2D eigenvalue weighted by Gasteiger charge is -2.08. The van der Waals surface area contributed by atoms with Crippen LogP contribution in [0.25, 0.3) is 0 Å².